The predicted octanol–water partition coefficient (Wildman–Crippen LogP) is 1.92. The minimum atomic E-state index is 0.0572. The summed E-state index contributed by atoms with van der Waals surface area (Å²) in [5.41, 5.74) is 2.94. The Hall–Kier alpha value is -1.39. The smallest absolute Gasteiger partial charge is 0.254 e. The summed E-state index contributed by atoms with van der Waals surface area (Å²) >= 11 is 0. The van der Waals surface area contributed by atoms with Crippen LogP contribution >= 0.6 is 0 Å². The summed E-state index contributed by atoms with van der Waals surface area (Å²) in [6.07, 6.45) is 1.86. The Bertz CT molecular complexity index is 465. The van der Waals surface area contributed by atoms with Gasteiger partial charge < -0.3 is 14.7 Å². The molecular weight excluding hydrogens is 254 g/mol. The average molecular weight is 277 g/mol. The number of piperidine rings is 1. The molecule has 2 rings (SSSR count). The van der Waals surface area contributed by atoms with Crippen LogP contribution in [0.3, 0.4) is 0 Å². The predicted molar refractivity (Wildman–Crippen MR) is 77.9 cm³/mol. The lowest BCUT2D eigenvalue weighted by Gasteiger charge is -2.32. The van der Waals surface area contributed by atoms with Crippen molar-refractivity contribution in [1.82, 2.24) is 4.90 Å². The first-order valence-electron chi connectivity index (χ1n) is 7.21. The van der Waals surface area contributed by atoms with E-state index in [4.69, 9.17) is 9.84 Å². The van der Waals surface area contributed by atoms with Crippen LogP contribution < -0.4 is 0 Å². The molecule has 1 fully saturated rings. The van der Waals surface area contributed by atoms with E-state index in [2.05, 4.69) is 0 Å². The Balaban J connectivity index is 1.96. The highest BCUT2D eigenvalue weighted by molar-refractivity contribution is 5.95. The molecular formula is C16H23NO3. The molecule has 0 radical (unpaired) electrons. The van der Waals surface area contributed by atoms with Crippen molar-refractivity contribution in [3.05, 3.63) is 34.9 Å². The van der Waals surface area contributed by atoms with E-state index >= 15 is 0 Å². The van der Waals surface area contributed by atoms with Gasteiger partial charge in [-0.05, 0) is 38.3 Å². The largest absolute Gasteiger partial charge is 0.394 e. The summed E-state index contributed by atoms with van der Waals surface area (Å²) in [7, 11) is 0. The van der Waals surface area contributed by atoms with Crippen LogP contribution in [0.5, 0.6) is 0 Å². The molecule has 1 saturated heterocycles. The molecule has 4 nitrogen and oxygen atoms in total. The van der Waals surface area contributed by atoms with Crippen molar-refractivity contribution in [2.24, 2.45) is 0 Å². The number of carbonyl (C=O) groups is 1. The first-order chi connectivity index (χ1) is 9.61. The van der Waals surface area contributed by atoms with Crippen LogP contribution in [0.15, 0.2) is 18.2 Å². The maximum Gasteiger partial charge on any atom is 0.254 e. The van der Waals surface area contributed by atoms with Crippen molar-refractivity contribution in [2.45, 2.75) is 32.8 Å². The van der Waals surface area contributed by atoms with Gasteiger partial charge in [0.25, 0.3) is 5.91 Å². The van der Waals surface area contributed by atoms with Crippen molar-refractivity contribution in [2.75, 3.05) is 26.3 Å². The number of nitrogens with zero attached hydrogens (tertiary/aromatic N) is 1. The Labute approximate surface area is 120 Å². The van der Waals surface area contributed by atoms with Crippen molar-refractivity contribution < 1.29 is 14.6 Å². The lowest BCUT2D eigenvalue weighted by molar-refractivity contribution is -0.00555. The number of rotatable bonds is 4. The minimum Gasteiger partial charge on any atom is -0.394 e. The van der Waals surface area contributed by atoms with Crippen LogP contribution in [0.1, 0.15) is 34.3 Å². The monoisotopic (exact) mass is 277 g/mol. The van der Waals surface area contributed by atoms with E-state index in [0.29, 0.717) is 6.61 Å². The molecule has 4 heteroatoms. The number of ether oxygens (including phenoxy) is 1. The fourth-order valence-electron chi connectivity index (χ4n) is 2.58. The third-order valence-electron chi connectivity index (χ3n) is 3.80. The van der Waals surface area contributed by atoms with E-state index in [9.17, 15) is 4.79 Å². The van der Waals surface area contributed by atoms with Gasteiger partial charge in [-0.15, -0.1) is 0 Å². The topological polar surface area (TPSA) is 49.8 Å². The Morgan fingerprint density at radius 1 is 1.35 bits per heavy atom. The molecule has 1 aromatic rings. The molecule has 1 N–H and O–H groups in total. The maximum atomic E-state index is 12.5. The van der Waals surface area contributed by atoms with Gasteiger partial charge >= 0.3 is 0 Å². The van der Waals surface area contributed by atoms with Gasteiger partial charge in [0.2, 0.25) is 0 Å². The summed E-state index contributed by atoms with van der Waals surface area (Å²) < 4.78 is 5.52. The molecule has 1 aromatic carbocycles. The second-order valence-corrected chi connectivity index (χ2v) is 5.40. The summed E-state index contributed by atoms with van der Waals surface area (Å²) in [4.78, 5) is 14.4. The molecule has 0 unspecified atom stereocenters. The van der Waals surface area contributed by atoms with Gasteiger partial charge in [-0.25, -0.2) is 0 Å². The summed E-state index contributed by atoms with van der Waals surface area (Å²) in [5, 5.41) is 8.75. The minimum absolute atomic E-state index is 0.0572. The van der Waals surface area contributed by atoms with E-state index in [0.717, 1.165) is 42.6 Å². The SMILES string of the molecule is Cc1ccc(C)c(C(=O)N2CCC(OCCO)CC2)c1. The van der Waals surface area contributed by atoms with Crippen LogP contribution in [0.2, 0.25) is 0 Å². The van der Waals surface area contributed by atoms with Gasteiger partial charge in [-0.2, -0.15) is 0 Å². The highest BCUT2D eigenvalue weighted by Gasteiger charge is 2.24. The average Bonchev–Trinajstić information content (AvgIpc) is 2.47. The van der Waals surface area contributed by atoms with Crippen LogP contribution in [-0.4, -0.2) is 48.3 Å². The third kappa shape index (κ3) is 3.58. The maximum absolute atomic E-state index is 12.5. The first kappa shape index (κ1) is 15.0. The number of carbonyl (C=O) groups excluding carboxylic acids is 1. The van der Waals surface area contributed by atoms with Crippen molar-refractivity contribution >= 4 is 5.91 Å². The summed E-state index contributed by atoms with van der Waals surface area (Å²) in [6, 6.07) is 5.99. The van der Waals surface area contributed by atoms with Gasteiger partial charge in [0, 0.05) is 18.7 Å². The summed E-state index contributed by atoms with van der Waals surface area (Å²) in [5.74, 6) is 0.117. The quantitative estimate of drug-likeness (QED) is 0.914. The molecule has 1 aliphatic heterocycles. The van der Waals surface area contributed by atoms with Gasteiger partial charge in [-0.3, -0.25) is 4.79 Å². The number of hydrogen-bond donors (Lipinski definition) is 1. The van der Waals surface area contributed by atoms with Gasteiger partial charge in [0.1, 0.15) is 0 Å². The van der Waals surface area contributed by atoms with Crippen LogP contribution in [0.25, 0.3) is 0 Å². The van der Waals surface area contributed by atoms with Crippen LogP contribution in [0.4, 0.5) is 0 Å². The molecule has 1 amide bonds. The second-order valence-electron chi connectivity index (χ2n) is 5.40. The Morgan fingerprint density at radius 2 is 2.05 bits per heavy atom. The van der Waals surface area contributed by atoms with E-state index in [-0.39, 0.29) is 18.6 Å². The van der Waals surface area contributed by atoms with Gasteiger partial charge in [0.15, 0.2) is 0 Å². The number of aryl methyl sites for hydroxylation is 2. The lowest BCUT2D eigenvalue weighted by atomic mass is 10.0. The van der Waals surface area contributed by atoms with E-state index in [1.54, 1.807) is 0 Å². The van der Waals surface area contributed by atoms with E-state index in [1.165, 1.54) is 0 Å². The van der Waals surface area contributed by atoms with Crippen molar-refractivity contribution in [3.63, 3.8) is 0 Å². The van der Waals surface area contributed by atoms with Gasteiger partial charge in [0.05, 0.1) is 19.3 Å². The third-order valence-corrected chi connectivity index (χ3v) is 3.80. The molecule has 0 saturated carbocycles. The first-order valence-corrected chi connectivity index (χ1v) is 7.21. The molecule has 0 bridgehead atoms. The Kier molecular flexibility index (Phi) is 5.15. The zero-order valence-corrected chi connectivity index (χ0v) is 12.3. The molecule has 0 atom stereocenters. The molecule has 1 heterocycles. The number of aliphatic hydroxyl groups excluding tert-OH is 1. The second kappa shape index (κ2) is 6.86. The molecule has 20 heavy (non-hydrogen) atoms. The molecule has 1 aliphatic rings. The zero-order valence-electron chi connectivity index (χ0n) is 12.3. The van der Waals surface area contributed by atoms with Crippen molar-refractivity contribution in [3.8, 4) is 0 Å². The molecule has 0 spiro atoms. The standard InChI is InChI=1S/C16H23NO3/c1-12-3-4-13(2)15(11-12)16(19)17-7-5-14(6-8-17)20-10-9-18/h3-4,11,14,18H,5-10H2,1-2H3. The fourth-order valence-corrected chi connectivity index (χ4v) is 2.58. The van der Waals surface area contributed by atoms with E-state index in [1.807, 2.05) is 36.9 Å². The number of amides is 1. The van der Waals surface area contributed by atoms with Crippen LogP contribution in [0, 0.1) is 13.8 Å². The van der Waals surface area contributed by atoms with Crippen LogP contribution in [-0.2, 0) is 4.74 Å². The number of likely N-dealkylation sites (tertiary alicyclic amines) is 1. The van der Waals surface area contributed by atoms with Gasteiger partial charge in [-0.1, -0.05) is 17.7 Å². The van der Waals surface area contributed by atoms with Crippen molar-refractivity contribution in [1.29, 1.82) is 0 Å². The number of benzene rings is 1. The number of aliphatic hydroxyl groups is 1. The van der Waals surface area contributed by atoms with E-state index < -0.39 is 0 Å². The molecule has 0 aromatic heterocycles. The normalized spacial score (nSPS) is 16.4. The zero-order chi connectivity index (χ0) is 14.5. The fraction of sp³-hybridized carbons (Fsp3) is 0.562. The number of hydrogen-bond acceptors (Lipinski definition) is 3. The lowest BCUT2D eigenvalue weighted by Crippen LogP contribution is -2.41. The molecule has 110 valence electrons. The highest BCUT2D eigenvalue weighted by atomic mass is 16.5. The highest BCUT2D eigenvalue weighted by Crippen LogP contribution is 2.19. The summed E-state index contributed by atoms with van der Waals surface area (Å²) in [6.45, 7) is 5.87. The Morgan fingerprint density at radius 3 is 2.70 bits per heavy atom. The molecule has 0 aliphatic carbocycles.